The van der Waals surface area contributed by atoms with Crippen LogP contribution in [0.3, 0.4) is 0 Å². The van der Waals surface area contributed by atoms with Crippen molar-refractivity contribution in [3.05, 3.63) is 35.4 Å². The SMILES string of the molecule is Cc1[c]ccc(CC#N)c1. The van der Waals surface area contributed by atoms with Crippen molar-refractivity contribution in [2.24, 2.45) is 0 Å². The maximum absolute atomic E-state index is 8.35. The molecule has 0 aliphatic rings. The van der Waals surface area contributed by atoms with Crippen LogP contribution in [0.1, 0.15) is 11.1 Å². The molecule has 0 amide bonds. The quantitative estimate of drug-likeness (QED) is 0.569. The third-order valence-corrected chi connectivity index (χ3v) is 1.29. The summed E-state index contributed by atoms with van der Waals surface area (Å²) in [5.41, 5.74) is 2.16. The van der Waals surface area contributed by atoms with E-state index in [9.17, 15) is 0 Å². The van der Waals surface area contributed by atoms with E-state index < -0.39 is 0 Å². The highest BCUT2D eigenvalue weighted by Crippen LogP contribution is 2.02. The van der Waals surface area contributed by atoms with Gasteiger partial charge in [0.2, 0.25) is 0 Å². The highest BCUT2D eigenvalue weighted by atomic mass is 14.2. The van der Waals surface area contributed by atoms with Gasteiger partial charge in [0, 0.05) is 0 Å². The van der Waals surface area contributed by atoms with E-state index in [1.54, 1.807) is 0 Å². The van der Waals surface area contributed by atoms with Crippen molar-refractivity contribution in [1.29, 1.82) is 5.26 Å². The van der Waals surface area contributed by atoms with E-state index in [1.165, 1.54) is 0 Å². The summed E-state index contributed by atoms with van der Waals surface area (Å²) in [6, 6.07) is 10.9. The van der Waals surface area contributed by atoms with E-state index in [4.69, 9.17) is 5.26 Å². The van der Waals surface area contributed by atoms with Gasteiger partial charge in [-0.2, -0.15) is 5.26 Å². The first-order valence-corrected chi connectivity index (χ1v) is 3.17. The van der Waals surface area contributed by atoms with Crippen LogP contribution in [0.4, 0.5) is 0 Å². The summed E-state index contributed by atoms with van der Waals surface area (Å²) in [6.45, 7) is 1.97. The van der Waals surface area contributed by atoms with Crippen molar-refractivity contribution in [3.63, 3.8) is 0 Å². The summed E-state index contributed by atoms with van der Waals surface area (Å²) in [5.74, 6) is 0. The van der Waals surface area contributed by atoms with E-state index in [0.29, 0.717) is 6.42 Å². The number of nitrogens with zero attached hydrogens (tertiary/aromatic N) is 1. The first kappa shape index (κ1) is 6.82. The Labute approximate surface area is 60.9 Å². The zero-order chi connectivity index (χ0) is 7.40. The van der Waals surface area contributed by atoms with E-state index >= 15 is 0 Å². The van der Waals surface area contributed by atoms with Gasteiger partial charge in [0.05, 0.1) is 12.5 Å². The monoisotopic (exact) mass is 130 g/mol. The fourth-order valence-corrected chi connectivity index (χ4v) is 0.849. The zero-order valence-corrected chi connectivity index (χ0v) is 5.89. The summed E-state index contributed by atoms with van der Waals surface area (Å²) in [6.07, 6.45) is 0.496. The van der Waals surface area contributed by atoms with Gasteiger partial charge in [-0.3, -0.25) is 0 Å². The Balaban J connectivity index is 2.87. The van der Waals surface area contributed by atoms with Crippen molar-refractivity contribution >= 4 is 0 Å². The number of benzene rings is 1. The fraction of sp³-hybridized carbons (Fsp3) is 0.222. The van der Waals surface area contributed by atoms with Gasteiger partial charge in [-0.25, -0.2) is 0 Å². The number of rotatable bonds is 1. The number of aryl methyl sites for hydroxylation is 1. The summed E-state index contributed by atoms with van der Waals surface area (Å²) >= 11 is 0. The number of nitriles is 1. The molecular weight excluding hydrogens is 122 g/mol. The van der Waals surface area contributed by atoms with Gasteiger partial charge in [0.25, 0.3) is 0 Å². The molecule has 0 heterocycles. The minimum Gasteiger partial charge on any atom is -0.198 e. The average molecular weight is 130 g/mol. The molecule has 0 bridgehead atoms. The molecule has 0 fully saturated rings. The van der Waals surface area contributed by atoms with Crippen LogP contribution in [0.25, 0.3) is 0 Å². The zero-order valence-electron chi connectivity index (χ0n) is 5.89. The first-order chi connectivity index (χ1) is 4.83. The molecule has 1 aromatic carbocycles. The third kappa shape index (κ3) is 1.60. The Kier molecular flexibility index (Phi) is 2.07. The lowest BCUT2D eigenvalue weighted by molar-refractivity contribution is 1.24. The van der Waals surface area contributed by atoms with Gasteiger partial charge >= 0.3 is 0 Å². The lowest BCUT2D eigenvalue weighted by Gasteiger charge is -1.93. The minimum atomic E-state index is 0.496. The Hall–Kier alpha value is -1.29. The number of hydrogen-bond donors (Lipinski definition) is 0. The molecule has 1 nitrogen and oxygen atoms in total. The van der Waals surface area contributed by atoms with Gasteiger partial charge < -0.3 is 0 Å². The van der Waals surface area contributed by atoms with Crippen LogP contribution in [0.15, 0.2) is 18.2 Å². The highest BCUT2D eigenvalue weighted by molar-refractivity contribution is 5.23. The predicted octanol–water partition coefficient (Wildman–Crippen LogP) is 1.86. The Morgan fingerprint density at radius 3 is 3.10 bits per heavy atom. The summed E-state index contributed by atoms with van der Waals surface area (Å²) in [7, 11) is 0. The fourth-order valence-electron chi connectivity index (χ4n) is 0.849. The van der Waals surface area contributed by atoms with Crippen LogP contribution < -0.4 is 0 Å². The second-order valence-corrected chi connectivity index (χ2v) is 2.21. The maximum atomic E-state index is 8.35. The second kappa shape index (κ2) is 3.03. The van der Waals surface area contributed by atoms with Crippen LogP contribution in [0, 0.1) is 24.3 Å². The normalized spacial score (nSPS) is 8.80. The molecule has 0 atom stereocenters. The Bertz CT molecular complexity index is 258. The van der Waals surface area contributed by atoms with Gasteiger partial charge in [-0.05, 0) is 24.1 Å². The molecule has 0 unspecified atom stereocenters. The molecule has 10 heavy (non-hydrogen) atoms. The lowest BCUT2D eigenvalue weighted by atomic mass is 10.1. The van der Waals surface area contributed by atoms with Gasteiger partial charge in [0.1, 0.15) is 0 Å². The molecule has 0 aliphatic heterocycles. The molecular formula is C9H8N. The van der Waals surface area contributed by atoms with Crippen LogP contribution >= 0.6 is 0 Å². The van der Waals surface area contributed by atoms with Crippen LogP contribution in [0.5, 0.6) is 0 Å². The molecule has 0 spiro atoms. The summed E-state index contributed by atoms with van der Waals surface area (Å²) in [5, 5.41) is 8.35. The van der Waals surface area contributed by atoms with Crippen molar-refractivity contribution < 1.29 is 0 Å². The predicted molar refractivity (Wildman–Crippen MR) is 39.3 cm³/mol. The highest BCUT2D eigenvalue weighted by Gasteiger charge is 1.89. The van der Waals surface area contributed by atoms with Crippen molar-refractivity contribution in [2.45, 2.75) is 13.3 Å². The lowest BCUT2D eigenvalue weighted by Crippen LogP contribution is -1.81. The van der Waals surface area contributed by atoms with E-state index in [-0.39, 0.29) is 0 Å². The standard InChI is InChI=1S/C9H8N/c1-8-3-2-4-9(7-8)5-6-10/h2,4,7H,5H2,1H3. The van der Waals surface area contributed by atoms with Gasteiger partial charge in [0.15, 0.2) is 0 Å². The molecule has 0 aliphatic carbocycles. The van der Waals surface area contributed by atoms with Crippen LogP contribution in [-0.4, -0.2) is 0 Å². The Morgan fingerprint density at radius 1 is 1.70 bits per heavy atom. The molecule has 1 radical (unpaired) electrons. The van der Waals surface area contributed by atoms with Crippen molar-refractivity contribution in [2.75, 3.05) is 0 Å². The van der Waals surface area contributed by atoms with E-state index in [1.807, 2.05) is 25.1 Å². The van der Waals surface area contributed by atoms with E-state index in [0.717, 1.165) is 11.1 Å². The largest absolute Gasteiger partial charge is 0.198 e. The molecule has 0 N–H and O–H groups in total. The van der Waals surface area contributed by atoms with E-state index in [2.05, 4.69) is 12.1 Å². The Morgan fingerprint density at radius 2 is 2.50 bits per heavy atom. The topological polar surface area (TPSA) is 23.8 Å². The van der Waals surface area contributed by atoms with Crippen LogP contribution in [-0.2, 0) is 6.42 Å². The number of hydrogen-bond acceptors (Lipinski definition) is 1. The molecule has 0 aromatic heterocycles. The molecule has 0 saturated heterocycles. The van der Waals surface area contributed by atoms with Crippen molar-refractivity contribution in [3.8, 4) is 6.07 Å². The first-order valence-electron chi connectivity index (χ1n) is 3.17. The second-order valence-electron chi connectivity index (χ2n) is 2.21. The average Bonchev–Trinajstić information content (AvgIpc) is 1.88. The van der Waals surface area contributed by atoms with Crippen LogP contribution in [0.2, 0.25) is 0 Å². The molecule has 1 rings (SSSR count). The minimum absolute atomic E-state index is 0.496. The van der Waals surface area contributed by atoms with Gasteiger partial charge in [-0.15, -0.1) is 0 Å². The smallest absolute Gasteiger partial charge is 0.0669 e. The summed E-state index contributed by atoms with van der Waals surface area (Å²) < 4.78 is 0. The molecule has 1 aromatic rings. The summed E-state index contributed by atoms with van der Waals surface area (Å²) in [4.78, 5) is 0. The van der Waals surface area contributed by atoms with Gasteiger partial charge in [-0.1, -0.05) is 18.2 Å². The maximum Gasteiger partial charge on any atom is 0.0669 e. The molecule has 49 valence electrons. The molecule has 0 saturated carbocycles. The third-order valence-electron chi connectivity index (χ3n) is 1.29. The molecule has 1 heteroatoms. The van der Waals surface area contributed by atoms with Crippen molar-refractivity contribution in [1.82, 2.24) is 0 Å².